The first kappa shape index (κ1) is 13.9. The number of nitrogens with one attached hydrogen (secondary N) is 1. The summed E-state index contributed by atoms with van der Waals surface area (Å²) >= 11 is 0. The number of hydrogen-bond acceptors (Lipinski definition) is 4. The molecule has 1 aliphatic rings. The molecule has 0 aromatic carbocycles. The Labute approximate surface area is 99.0 Å². The highest BCUT2D eigenvalue weighted by atomic mass is 16.5. The van der Waals surface area contributed by atoms with Crippen LogP contribution < -0.4 is 5.32 Å². The van der Waals surface area contributed by atoms with Crippen LogP contribution in [0.15, 0.2) is 0 Å². The van der Waals surface area contributed by atoms with Gasteiger partial charge in [-0.3, -0.25) is 4.90 Å². The first-order valence-corrected chi connectivity index (χ1v) is 6.16. The fourth-order valence-electron chi connectivity index (χ4n) is 2.06. The fourth-order valence-corrected chi connectivity index (χ4v) is 2.06. The number of aliphatic hydroxyl groups excluding tert-OH is 1. The van der Waals surface area contributed by atoms with E-state index in [4.69, 9.17) is 4.74 Å². The molecule has 0 aliphatic carbocycles. The van der Waals surface area contributed by atoms with Crippen LogP contribution in [0.3, 0.4) is 0 Å². The van der Waals surface area contributed by atoms with Crippen molar-refractivity contribution in [3.8, 4) is 0 Å². The Hall–Kier alpha value is -0.160. The molecule has 0 aromatic rings. The van der Waals surface area contributed by atoms with E-state index in [0.29, 0.717) is 0 Å². The third-order valence-electron chi connectivity index (χ3n) is 2.97. The molecule has 2 N–H and O–H groups in total. The number of rotatable bonds is 5. The second kappa shape index (κ2) is 5.96. The molecule has 0 spiro atoms. The van der Waals surface area contributed by atoms with Gasteiger partial charge in [-0.15, -0.1) is 0 Å². The quantitative estimate of drug-likeness (QED) is 0.720. The molecule has 0 amide bonds. The van der Waals surface area contributed by atoms with Gasteiger partial charge in [-0.1, -0.05) is 0 Å². The third kappa shape index (κ3) is 4.37. The van der Waals surface area contributed by atoms with E-state index >= 15 is 0 Å². The van der Waals surface area contributed by atoms with Gasteiger partial charge in [-0.2, -0.15) is 0 Å². The lowest BCUT2D eigenvalue weighted by molar-refractivity contribution is 0.0122. The lowest BCUT2D eigenvalue weighted by atomic mass is 9.99. The molecule has 0 radical (unpaired) electrons. The normalized spacial score (nSPS) is 26.2. The zero-order chi connectivity index (χ0) is 12.2. The minimum absolute atomic E-state index is 0.128. The summed E-state index contributed by atoms with van der Waals surface area (Å²) in [5.74, 6) is 0. The molecule has 4 nitrogen and oxygen atoms in total. The van der Waals surface area contributed by atoms with Gasteiger partial charge < -0.3 is 15.2 Å². The van der Waals surface area contributed by atoms with Gasteiger partial charge in [0.05, 0.1) is 19.3 Å². The van der Waals surface area contributed by atoms with Crippen LogP contribution in [-0.2, 0) is 4.74 Å². The van der Waals surface area contributed by atoms with Crippen LogP contribution in [0.5, 0.6) is 0 Å². The van der Waals surface area contributed by atoms with E-state index in [0.717, 1.165) is 26.2 Å². The molecule has 1 fully saturated rings. The van der Waals surface area contributed by atoms with E-state index in [1.165, 1.54) is 0 Å². The topological polar surface area (TPSA) is 44.7 Å². The van der Waals surface area contributed by atoms with Crippen LogP contribution in [0.25, 0.3) is 0 Å². The maximum atomic E-state index is 9.32. The van der Waals surface area contributed by atoms with Gasteiger partial charge in [0.2, 0.25) is 0 Å². The number of hydrogen-bond donors (Lipinski definition) is 2. The molecule has 16 heavy (non-hydrogen) atoms. The third-order valence-corrected chi connectivity index (χ3v) is 2.97. The molecule has 1 aliphatic heterocycles. The van der Waals surface area contributed by atoms with E-state index in [9.17, 15) is 5.11 Å². The Kier molecular flexibility index (Phi) is 5.18. The van der Waals surface area contributed by atoms with Crippen LogP contribution >= 0.6 is 0 Å². The summed E-state index contributed by atoms with van der Waals surface area (Å²) in [6, 6.07) is 0.226. The van der Waals surface area contributed by atoms with Crippen molar-refractivity contribution >= 4 is 0 Å². The van der Waals surface area contributed by atoms with Crippen molar-refractivity contribution in [2.24, 2.45) is 0 Å². The lowest BCUT2D eigenvalue weighted by Crippen LogP contribution is -2.63. The summed E-state index contributed by atoms with van der Waals surface area (Å²) in [6.45, 7) is 12.1. The highest BCUT2D eigenvalue weighted by Crippen LogP contribution is 2.14. The first-order chi connectivity index (χ1) is 7.44. The zero-order valence-corrected chi connectivity index (χ0v) is 11.0. The highest BCUT2D eigenvalue weighted by molar-refractivity contribution is 4.91. The Morgan fingerprint density at radius 3 is 2.75 bits per heavy atom. The summed E-state index contributed by atoms with van der Waals surface area (Å²) in [5, 5.41) is 12.8. The van der Waals surface area contributed by atoms with E-state index in [1.807, 2.05) is 13.8 Å². The van der Waals surface area contributed by atoms with Gasteiger partial charge in [0.15, 0.2) is 0 Å². The summed E-state index contributed by atoms with van der Waals surface area (Å²) < 4.78 is 5.56. The predicted molar refractivity (Wildman–Crippen MR) is 65.6 cm³/mol. The van der Waals surface area contributed by atoms with Crippen LogP contribution in [0, 0.1) is 0 Å². The Bertz CT molecular complexity index is 207. The second-order valence-corrected chi connectivity index (χ2v) is 5.49. The maximum Gasteiger partial charge on any atom is 0.0599 e. The van der Waals surface area contributed by atoms with Crippen molar-refractivity contribution in [1.29, 1.82) is 0 Å². The van der Waals surface area contributed by atoms with Gasteiger partial charge in [0.25, 0.3) is 0 Å². The van der Waals surface area contributed by atoms with E-state index < -0.39 is 0 Å². The van der Waals surface area contributed by atoms with Gasteiger partial charge in [-0.25, -0.2) is 0 Å². The molecule has 4 heteroatoms. The first-order valence-electron chi connectivity index (χ1n) is 6.16. The summed E-state index contributed by atoms with van der Waals surface area (Å²) in [7, 11) is 0. The van der Waals surface area contributed by atoms with Gasteiger partial charge in [0.1, 0.15) is 0 Å². The van der Waals surface area contributed by atoms with E-state index in [2.05, 4.69) is 24.1 Å². The average molecular weight is 230 g/mol. The standard InChI is InChI=1S/C12H26N2O2/c1-10(2)16-6-5-14-9-12(3,4)13-7-11(14)8-15/h10-11,13,15H,5-9H2,1-4H3. The smallest absolute Gasteiger partial charge is 0.0599 e. The summed E-state index contributed by atoms with van der Waals surface area (Å²) in [4.78, 5) is 2.32. The molecule has 1 heterocycles. The molecule has 1 unspecified atom stereocenters. The van der Waals surface area contributed by atoms with Crippen LogP contribution in [-0.4, -0.2) is 60.5 Å². The monoisotopic (exact) mass is 230 g/mol. The minimum atomic E-state index is 0.128. The Morgan fingerprint density at radius 2 is 2.19 bits per heavy atom. The molecule has 1 rings (SSSR count). The number of aliphatic hydroxyl groups is 1. The zero-order valence-electron chi connectivity index (χ0n) is 11.0. The Balaban J connectivity index is 2.39. The molecule has 1 atom stereocenters. The van der Waals surface area contributed by atoms with Crippen LogP contribution in [0.2, 0.25) is 0 Å². The number of piperazine rings is 1. The fraction of sp³-hybridized carbons (Fsp3) is 1.00. The van der Waals surface area contributed by atoms with Crippen molar-refractivity contribution < 1.29 is 9.84 Å². The van der Waals surface area contributed by atoms with Crippen molar-refractivity contribution in [3.63, 3.8) is 0 Å². The largest absolute Gasteiger partial charge is 0.395 e. The van der Waals surface area contributed by atoms with Crippen molar-refractivity contribution in [1.82, 2.24) is 10.2 Å². The summed E-state index contributed by atoms with van der Waals surface area (Å²) in [6.07, 6.45) is 0.281. The molecular formula is C12H26N2O2. The van der Waals surface area contributed by atoms with Crippen LogP contribution in [0.1, 0.15) is 27.7 Å². The average Bonchev–Trinajstić information content (AvgIpc) is 2.16. The molecule has 0 aromatic heterocycles. The lowest BCUT2D eigenvalue weighted by Gasteiger charge is -2.44. The van der Waals surface area contributed by atoms with E-state index in [1.54, 1.807) is 0 Å². The van der Waals surface area contributed by atoms with Gasteiger partial charge in [-0.05, 0) is 27.7 Å². The Morgan fingerprint density at radius 1 is 1.50 bits per heavy atom. The maximum absolute atomic E-state index is 9.32. The highest BCUT2D eigenvalue weighted by Gasteiger charge is 2.31. The molecular weight excluding hydrogens is 204 g/mol. The van der Waals surface area contributed by atoms with Gasteiger partial charge >= 0.3 is 0 Å². The van der Waals surface area contributed by atoms with Crippen molar-refractivity contribution in [3.05, 3.63) is 0 Å². The number of ether oxygens (including phenoxy) is 1. The molecule has 96 valence electrons. The second-order valence-electron chi connectivity index (χ2n) is 5.49. The van der Waals surface area contributed by atoms with Crippen molar-refractivity contribution in [2.75, 3.05) is 32.8 Å². The predicted octanol–water partition coefficient (Wildman–Crippen LogP) is 0.456. The van der Waals surface area contributed by atoms with Crippen molar-refractivity contribution in [2.45, 2.75) is 45.4 Å². The molecule has 1 saturated heterocycles. The number of nitrogens with zero attached hydrogens (tertiary/aromatic N) is 1. The molecule has 0 saturated carbocycles. The summed E-state index contributed by atoms with van der Waals surface area (Å²) in [5.41, 5.74) is 0.128. The van der Waals surface area contributed by atoms with Gasteiger partial charge in [0, 0.05) is 31.2 Å². The minimum Gasteiger partial charge on any atom is -0.395 e. The SMILES string of the molecule is CC(C)OCCN1CC(C)(C)NCC1CO. The molecule has 0 bridgehead atoms. The van der Waals surface area contributed by atoms with Crippen LogP contribution in [0.4, 0.5) is 0 Å². The van der Waals surface area contributed by atoms with E-state index in [-0.39, 0.29) is 24.3 Å².